The number of hydrogen-bond acceptors (Lipinski definition) is 4. The van der Waals surface area contributed by atoms with Gasteiger partial charge >= 0.3 is 0 Å². The third-order valence-electron chi connectivity index (χ3n) is 4.89. The number of halogens is 1. The van der Waals surface area contributed by atoms with Gasteiger partial charge < -0.3 is 15.5 Å². The fourth-order valence-corrected chi connectivity index (χ4v) is 3.80. The first-order chi connectivity index (χ1) is 14.0. The highest BCUT2D eigenvalue weighted by Crippen LogP contribution is 2.24. The van der Waals surface area contributed by atoms with Gasteiger partial charge in [0.15, 0.2) is 0 Å². The summed E-state index contributed by atoms with van der Waals surface area (Å²) in [5, 5.41) is 5.53. The lowest BCUT2D eigenvalue weighted by atomic mass is 9.99. The Morgan fingerprint density at radius 1 is 0.931 bits per heavy atom. The van der Waals surface area contributed by atoms with Gasteiger partial charge in [-0.05, 0) is 67.3 Å². The van der Waals surface area contributed by atoms with Gasteiger partial charge in [-0.25, -0.2) is 4.39 Å². The smallest absolute Gasteiger partial charge is 0.234 e. The minimum Gasteiger partial charge on any atom is -0.372 e. The van der Waals surface area contributed by atoms with E-state index in [1.165, 1.54) is 54.6 Å². The van der Waals surface area contributed by atoms with Crippen molar-refractivity contribution >= 4 is 40.6 Å². The van der Waals surface area contributed by atoms with Gasteiger partial charge in [-0.1, -0.05) is 6.92 Å². The minimum absolute atomic E-state index is 0.149. The Labute approximate surface area is 175 Å². The molecule has 2 aromatic carbocycles. The molecule has 0 radical (unpaired) electrons. The highest BCUT2D eigenvalue weighted by atomic mass is 32.2. The first kappa shape index (κ1) is 21.2. The molecule has 5 nitrogen and oxygen atoms in total. The first-order valence-corrected chi connectivity index (χ1v) is 10.9. The molecular formula is C22H26FN3O2S. The SMILES string of the molecule is CC1CCN(c2ccc(NC(=O)CSCC(=O)Nc3ccc(F)cc3)cc2)CC1. The summed E-state index contributed by atoms with van der Waals surface area (Å²) >= 11 is 1.23. The van der Waals surface area contributed by atoms with Gasteiger partial charge in [0.05, 0.1) is 11.5 Å². The van der Waals surface area contributed by atoms with Gasteiger partial charge in [0.1, 0.15) is 5.82 Å². The van der Waals surface area contributed by atoms with Crippen molar-refractivity contribution in [2.75, 3.05) is 40.1 Å². The predicted octanol–water partition coefficient (Wildman–Crippen LogP) is 4.37. The van der Waals surface area contributed by atoms with E-state index in [-0.39, 0.29) is 29.1 Å². The molecule has 1 fully saturated rings. The number of carbonyl (C=O) groups is 2. The summed E-state index contributed by atoms with van der Waals surface area (Å²) < 4.78 is 12.9. The molecule has 0 aromatic heterocycles. The molecule has 0 unspecified atom stereocenters. The minimum atomic E-state index is -0.354. The Morgan fingerprint density at radius 2 is 1.41 bits per heavy atom. The van der Waals surface area contributed by atoms with E-state index in [1.807, 2.05) is 24.3 Å². The Hall–Kier alpha value is -2.54. The number of anilines is 3. The molecule has 1 heterocycles. The fourth-order valence-electron chi connectivity index (χ4n) is 3.19. The molecule has 0 bridgehead atoms. The van der Waals surface area contributed by atoms with Crippen LogP contribution in [0, 0.1) is 11.7 Å². The van der Waals surface area contributed by atoms with Gasteiger partial charge in [-0.2, -0.15) is 0 Å². The normalized spacial score (nSPS) is 14.5. The maximum Gasteiger partial charge on any atom is 0.234 e. The largest absolute Gasteiger partial charge is 0.372 e. The van der Waals surface area contributed by atoms with E-state index in [2.05, 4.69) is 22.5 Å². The van der Waals surface area contributed by atoms with Crippen LogP contribution in [-0.2, 0) is 9.59 Å². The molecule has 1 aliphatic rings. The summed E-state index contributed by atoms with van der Waals surface area (Å²) in [6.07, 6.45) is 2.43. The molecule has 154 valence electrons. The van der Waals surface area contributed by atoms with Gasteiger partial charge in [-0.15, -0.1) is 11.8 Å². The van der Waals surface area contributed by atoms with E-state index < -0.39 is 0 Å². The van der Waals surface area contributed by atoms with Crippen LogP contribution in [0.15, 0.2) is 48.5 Å². The highest BCUT2D eigenvalue weighted by molar-refractivity contribution is 8.00. The van der Waals surface area contributed by atoms with Crippen LogP contribution in [0.1, 0.15) is 19.8 Å². The Morgan fingerprint density at radius 3 is 1.93 bits per heavy atom. The highest BCUT2D eigenvalue weighted by Gasteiger charge is 2.16. The Bertz CT molecular complexity index is 819. The lowest BCUT2D eigenvalue weighted by Gasteiger charge is -2.32. The average Bonchev–Trinajstić information content (AvgIpc) is 2.71. The van der Waals surface area contributed by atoms with Gasteiger partial charge in [-0.3, -0.25) is 9.59 Å². The Balaban J connectivity index is 1.38. The molecule has 0 atom stereocenters. The number of hydrogen-bond donors (Lipinski definition) is 2. The molecule has 1 saturated heterocycles. The summed E-state index contributed by atoms with van der Waals surface area (Å²) in [5.41, 5.74) is 2.46. The van der Waals surface area contributed by atoms with Crippen LogP contribution < -0.4 is 15.5 Å². The van der Waals surface area contributed by atoms with Gasteiger partial charge in [0, 0.05) is 30.2 Å². The van der Waals surface area contributed by atoms with Crippen molar-refractivity contribution in [3.05, 3.63) is 54.3 Å². The second-order valence-corrected chi connectivity index (χ2v) is 8.30. The summed E-state index contributed by atoms with van der Waals surface area (Å²) in [6.45, 7) is 4.44. The Kier molecular flexibility index (Phi) is 7.52. The van der Waals surface area contributed by atoms with Crippen LogP contribution in [0.3, 0.4) is 0 Å². The molecule has 3 rings (SSSR count). The molecule has 0 aliphatic carbocycles. The molecule has 2 amide bonds. The van der Waals surface area contributed by atoms with Crippen LogP contribution in [0.2, 0.25) is 0 Å². The van der Waals surface area contributed by atoms with Crippen molar-refractivity contribution in [3.8, 4) is 0 Å². The number of amides is 2. The van der Waals surface area contributed by atoms with Crippen LogP contribution in [0.25, 0.3) is 0 Å². The third kappa shape index (κ3) is 6.78. The number of nitrogens with zero attached hydrogens (tertiary/aromatic N) is 1. The maximum atomic E-state index is 12.9. The van der Waals surface area contributed by atoms with Crippen molar-refractivity contribution in [2.24, 2.45) is 5.92 Å². The van der Waals surface area contributed by atoms with E-state index in [9.17, 15) is 14.0 Å². The van der Waals surface area contributed by atoms with Crippen LogP contribution >= 0.6 is 11.8 Å². The van der Waals surface area contributed by atoms with E-state index in [0.717, 1.165) is 24.7 Å². The number of carbonyl (C=O) groups excluding carboxylic acids is 2. The molecule has 2 aromatic rings. The quantitative estimate of drug-likeness (QED) is 0.705. The fraction of sp³-hybridized carbons (Fsp3) is 0.364. The van der Waals surface area contributed by atoms with Crippen LogP contribution in [0.4, 0.5) is 21.5 Å². The van der Waals surface area contributed by atoms with Gasteiger partial charge in [0.2, 0.25) is 11.8 Å². The number of rotatable bonds is 7. The summed E-state index contributed by atoms with van der Waals surface area (Å²) in [5.74, 6) is 0.395. The van der Waals surface area contributed by atoms with E-state index in [1.54, 1.807) is 0 Å². The number of benzene rings is 2. The standard InChI is InChI=1S/C22H26FN3O2S/c1-16-10-12-26(13-11-16)20-8-6-19(7-9-20)25-22(28)15-29-14-21(27)24-18-4-2-17(23)3-5-18/h2-9,16H,10-15H2,1H3,(H,24,27)(H,25,28). The van der Waals surface area contributed by atoms with Crippen molar-refractivity contribution in [1.82, 2.24) is 0 Å². The predicted molar refractivity (Wildman–Crippen MR) is 118 cm³/mol. The van der Waals surface area contributed by atoms with Crippen molar-refractivity contribution in [1.29, 1.82) is 0 Å². The molecule has 29 heavy (non-hydrogen) atoms. The third-order valence-corrected chi connectivity index (χ3v) is 5.83. The maximum absolute atomic E-state index is 12.9. The van der Waals surface area contributed by atoms with Crippen molar-refractivity contribution in [3.63, 3.8) is 0 Å². The topological polar surface area (TPSA) is 61.4 Å². The summed E-state index contributed by atoms with van der Waals surface area (Å²) in [6, 6.07) is 13.5. The molecule has 0 spiro atoms. The second kappa shape index (κ2) is 10.3. The van der Waals surface area contributed by atoms with Crippen molar-refractivity contribution < 1.29 is 14.0 Å². The van der Waals surface area contributed by atoms with Gasteiger partial charge in [0.25, 0.3) is 0 Å². The zero-order valence-corrected chi connectivity index (χ0v) is 17.3. The van der Waals surface area contributed by atoms with E-state index >= 15 is 0 Å². The first-order valence-electron chi connectivity index (χ1n) is 9.77. The summed E-state index contributed by atoms with van der Waals surface area (Å²) in [4.78, 5) is 26.4. The zero-order chi connectivity index (χ0) is 20.6. The van der Waals surface area contributed by atoms with Crippen molar-refractivity contribution in [2.45, 2.75) is 19.8 Å². The van der Waals surface area contributed by atoms with Crippen LogP contribution in [-0.4, -0.2) is 36.4 Å². The zero-order valence-electron chi connectivity index (χ0n) is 16.5. The second-order valence-electron chi connectivity index (χ2n) is 7.31. The number of nitrogens with one attached hydrogen (secondary N) is 2. The molecule has 0 saturated carbocycles. The number of thioether (sulfide) groups is 1. The van der Waals surface area contributed by atoms with E-state index in [4.69, 9.17) is 0 Å². The molecule has 1 aliphatic heterocycles. The lowest BCUT2D eigenvalue weighted by molar-refractivity contribution is -0.114. The lowest BCUT2D eigenvalue weighted by Crippen LogP contribution is -2.32. The van der Waals surface area contributed by atoms with E-state index in [0.29, 0.717) is 5.69 Å². The molecular weight excluding hydrogens is 389 g/mol. The average molecular weight is 416 g/mol. The molecule has 7 heteroatoms. The molecule has 2 N–H and O–H groups in total. The summed E-state index contributed by atoms with van der Waals surface area (Å²) in [7, 11) is 0. The van der Waals surface area contributed by atoms with Crippen LogP contribution in [0.5, 0.6) is 0 Å². The monoisotopic (exact) mass is 415 g/mol. The number of piperidine rings is 1.